The molecule has 0 spiro atoms. The van der Waals surface area contributed by atoms with E-state index in [0.29, 0.717) is 5.92 Å². The SMILES string of the molecule is Cc1ccc(C(C)C)cc1.O=Cc1ccccc1.O=S(=O)([O-])C(F)(F)F.O=S(=O)([O-])C(F)(F)F.[Ru+2]. The number of benzene rings is 2. The van der Waals surface area contributed by atoms with Gasteiger partial charge in [-0.05, 0) is 18.4 Å². The van der Waals surface area contributed by atoms with Crippen molar-refractivity contribution in [2.24, 2.45) is 0 Å². The van der Waals surface area contributed by atoms with Crippen LogP contribution in [0.5, 0.6) is 0 Å². The summed E-state index contributed by atoms with van der Waals surface area (Å²) in [6, 6.07) is 17.8. The van der Waals surface area contributed by atoms with Crippen molar-refractivity contribution < 1.29 is 76.6 Å². The number of carbonyl (C=O) groups is 1. The van der Waals surface area contributed by atoms with Crippen LogP contribution >= 0.6 is 0 Å². The van der Waals surface area contributed by atoms with Crippen LogP contribution in [0.1, 0.15) is 41.3 Å². The van der Waals surface area contributed by atoms with Gasteiger partial charge in [-0.2, -0.15) is 26.3 Å². The molecular weight excluding hydrogens is 619 g/mol. The first kappa shape index (κ1) is 37.7. The molecule has 0 heterocycles. The first-order chi connectivity index (χ1) is 15.1. The summed E-state index contributed by atoms with van der Waals surface area (Å²) in [6.07, 6.45) is 0.833. The summed E-state index contributed by atoms with van der Waals surface area (Å²) in [5.74, 6) is 0.653. The van der Waals surface area contributed by atoms with E-state index in [1.165, 1.54) is 11.1 Å². The van der Waals surface area contributed by atoms with Crippen LogP contribution < -0.4 is 0 Å². The summed E-state index contributed by atoms with van der Waals surface area (Å²) in [5, 5.41) is 0. The summed E-state index contributed by atoms with van der Waals surface area (Å²) < 4.78 is 118. The first-order valence-electron chi connectivity index (χ1n) is 8.74. The molecule has 7 nitrogen and oxygen atoms in total. The average molecular weight is 640 g/mol. The standard InChI is InChI=1S/C10H14.C7H6O.2CHF3O3S.Ru/c1-8(2)10-6-4-9(3)5-7-10;8-6-7-4-2-1-3-5-7;2*2-1(3,4)8(5,6)7;/h4-8H,1-3H3;1-6H;2*(H,5,6,7);/q;;;;+2/p-2. The predicted molar refractivity (Wildman–Crippen MR) is 109 cm³/mol. The topological polar surface area (TPSA) is 131 Å². The van der Waals surface area contributed by atoms with Crippen LogP contribution in [0.25, 0.3) is 0 Å². The van der Waals surface area contributed by atoms with Crippen molar-refractivity contribution in [3.8, 4) is 0 Å². The number of carbonyl (C=O) groups excluding carboxylic acids is 1. The Morgan fingerprint density at radius 1 is 0.743 bits per heavy atom. The van der Waals surface area contributed by atoms with E-state index in [0.717, 1.165) is 11.8 Å². The minimum atomic E-state index is -6.09. The van der Waals surface area contributed by atoms with Crippen LogP contribution in [0.15, 0.2) is 54.6 Å². The normalized spacial score (nSPS) is 11.3. The Balaban J connectivity index is -0.000000389. The summed E-state index contributed by atoms with van der Waals surface area (Å²) in [6.45, 7) is 6.54. The minimum Gasteiger partial charge on any atom is -0.741 e. The van der Waals surface area contributed by atoms with Crippen molar-refractivity contribution in [1.82, 2.24) is 0 Å². The van der Waals surface area contributed by atoms with Gasteiger partial charge in [-0.15, -0.1) is 0 Å². The van der Waals surface area contributed by atoms with Gasteiger partial charge in [-0.3, -0.25) is 4.79 Å². The number of halogens is 6. The van der Waals surface area contributed by atoms with E-state index in [1.807, 2.05) is 18.2 Å². The van der Waals surface area contributed by atoms with Crippen LogP contribution in [-0.4, -0.2) is 43.2 Å². The van der Waals surface area contributed by atoms with Crippen molar-refractivity contribution >= 4 is 26.5 Å². The van der Waals surface area contributed by atoms with Gasteiger partial charge in [0.2, 0.25) is 0 Å². The molecule has 0 fully saturated rings. The zero-order valence-electron chi connectivity index (χ0n) is 18.1. The van der Waals surface area contributed by atoms with Crippen LogP contribution in [0.2, 0.25) is 0 Å². The Labute approximate surface area is 211 Å². The number of hydrogen-bond donors (Lipinski definition) is 0. The van der Waals surface area contributed by atoms with E-state index in [1.54, 1.807) is 12.1 Å². The molecule has 0 saturated carbocycles. The van der Waals surface area contributed by atoms with Gasteiger partial charge in [0.05, 0.1) is 0 Å². The molecule has 16 heteroatoms. The largest absolute Gasteiger partial charge is 2.00 e. The molecule has 0 bridgehead atoms. The van der Waals surface area contributed by atoms with Crippen molar-refractivity contribution in [2.45, 2.75) is 37.7 Å². The molecule has 0 radical (unpaired) electrons. The molecule has 2 aromatic rings. The second-order valence-electron chi connectivity index (χ2n) is 6.39. The van der Waals surface area contributed by atoms with Crippen molar-refractivity contribution in [3.63, 3.8) is 0 Å². The van der Waals surface area contributed by atoms with Gasteiger partial charge in [-0.25, -0.2) is 16.8 Å². The van der Waals surface area contributed by atoms with Crippen molar-refractivity contribution in [2.75, 3.05) is 0 Å². The minimum absolute atomic E-state index is 0. The molecule has 35 heavy (non-hydrogen) atoms. The van der Waals surface area contributed by atoms with E-state index in [-0.39, 0.29) is 19.5 Å². The summed E-state index contributed by atoms with van der Waals surface area (Å²) in [4.78, 5) is 10.0. The fourth-order valence-electron chi connectivity index (χ4n) is 1.48. The quantitative estimate of drug-likeness (QED) is 0.153. The van der Waals surface area contributed by atoms with Crippen LogP contribution in [0, 0.1) is 6.92 Å². The molecule has 0 atom stereocenters. The van der Waals surface area contributed by atoms with Gasteiger partial charge in [0.15, 0.2) is 20.2 Å². The van der Waals surface area contributed by atoms with Gasteiger partial charge in [-0.1, -0.05) is 74.0 Å². The fraction of sp³-hybridized carbons (Fsp3) is 0.316. The van der Waals surface area contributed by atoms with E-state index >= 15 is 0 Å². The van der Waals surface area contributed by atoms with E-state index in [2.05, 4.69) is 45.0 Å². The number of hydrogen-bond acceptors (Lipinski definition) is 7. The van der Waals surface area contributed by atoms with Gasteiger partial charge < -0.3 is 9.11 Å². The third-order valence-corrected chi connectivity index (χ3v) is 4.38. The number of aldehydes is 1. The van der Waals surface area contributed by atoms with Crippen LogP contribution in [0.4, 0.5) is 26.3 Å². The Morgan fingerprint density at radius 3 is 1.26 bits per heavy atom. The van der Waals surface area contributed by atoms with Gasteiger partial charge >= 0.3 is 30.5 Å². The zero-order valence-corrected chi connectivity index (χ0v) is 21.5. The van der Waals surface area contributed by atoms with Crippen molar-refractivity contribution in [1.29, 1.82) is 0 Å². The molecule has 0 aromatic heterocycles. The fourth-order valence-corrected chi connectivity index (χ4v) is 1.48. The van der Waals surface area contributed by atoms with E-state index in [9.17, 15) is 31.1 Å². The molecule has 0 aliphatic rings. The third-order valence-electron chi connectivity index (χ3n) is 3.25. The molecule has 2 rings (SSSR count). The molecule has 0 unspecified atom stereocenters. The maximum absolute atomic E-state index is 10.7. The smallest absolute Gasteiger partial charge is 0.741 e. The van der Waals surface area contributed by atoms with Gasteiger partial charge in [0.25, 0.3) is 0 Å². The Morgan fingerprint density at radius 2 is 1.06 bits per heavy atom. The molecule has 0 aliphatic carbocycles. The molecule has 2 aromatic carbocycles. The zero-order chi connectivity index (χ0) is 27.4. The first-order valence-corrected chi connectivity index (χ1v) is 11.6. The monoisotopic (exact) mass is 640 g/mol. The van der Waals surface area contributed by atoms with Crippen LogP contribution in [0.3, 0.4) is 0 Å². The second kappa shape index (κ2) is 16.0. The van der Waals surface area contributed by atoms with Crippen LogP contribution in [-0.2, 0) is 39.7 Å². The molecule has 200 valence electrons. The Hall–Kier alpha value is -1.87. The maximum Gasteiger partial charge on any atom is 2.00 e. The second-order valence-corrected chi connectivity index (χ2v) is 9.14. The maximum atomic E-state index is 10.7. The van der Waals surface area contributed by atoms with E-state index in [4.69, 9.17) is 25.9 Å². The molecule has 0 saturated heterocycles. The average Bonchev–Trinajstić information content (AvgIpc) is 2.67. The van der Waals surface area contributed by atoms with E-state index < -0.39 is 31.3 Å². The Kier molecular flexibility index (Phi) is 17.2. The number of alkyl halides is 6. The summed E-state index contributed by atoms with van der Waals surface area (Å²) in [5.41, 5.74) is -7.80. The molecule has 0 N–H and O–H groups in total. The Bertz CT molecular complexity index is 1030. The summed E-state index contributed by atoms with van der Waals surface area (Å²) >= 11 is 0. The molecular formula is C19H20F6O7RuS2. The number of aryl methyl sites for hydroxylation is 1. The van der Waals surface area contributed by atoms with Gasteiger partial charge in [0, 0.05) is 5.56 Å². The molecule has 0 amide bonds. The van der Waals surface area contributed by atoms with Gasteiger partial charge in [0.1, 0.15) is 6.29 Å². The molecule has 0 aliphatic heterocycles. The predicted octanol–water partition coefficient (Wildman–Crippen LogP) is 4.72. The number of rotatable bonds is 2. The summed E-state index contributed by atoms with van der Waals surface area (Å²) in [7, 11) is -12.2. The third kappa shape index (κ3) is 18.1. The van der Waals surface area contributed by atoms with Crippen molar-refractivity contribution in [3.05, 3.63) is 71.3 Å².